The first kappa shape index (κ1) is 21.2. The Morgan fingerprint density at radius 3 is 2.52 bits per heavy atom. The Labute approximate surface area is 173 Å². The van der Waals surface area contributed by atoms with Gasteiger partial charge in [-0.25, -0.2) is 4.79 Å². The SMILES string of the molecule is CC(C)CC#Cc1ccc([C@H]2[C@@H](CO)N3C(=O)CN(C(=O)NC(C)C)C[C@H]23)cc1. The van der Waals surface area contributed by atoms with Crippen LogP contribution in [0.4, 0.5) is 4.79 Å². The van der Waals surface area contributed by atoms with Gasteiger partial charge in [0.1, 0.15) is 6.54 Å². The molecule has 6 heteroatoms. The minimum Gasteiger partial charge on any atom is -0.394 e. The molecule has 1 aromatic rings. The number of piperazine rings is 1. The summed E-state index contributed by atoms with van der Waals surface area (Å²) in [7, 11) is 0. The van der Waals surface area contributed by atoms with Crippen molar-refractivity contribution in [3.05, 3.63) is 35.4 Å². The molecule has 0 bridgehead atoms. The molecule has 0 aromatic heterocycles. The molecule has 3 atom stereocenters. The third-order valence-corrected chi connectivity index (χ3v) is 5.49. The minimum absolute atomic E-state index is 0.0104. The number of amides is 3. The largest absolute Gasteiger partial charge is 0.394 e. The first-order chi connectivity index (χ1) is 13.8. The summed E-state index contributed by atoms with van der Waals surface area (Å²) in [4.78, 5) is 28.3. The highest BCUT2D eigenvalue weighted by Gasteiger charge is 2.54. The van der Waals surface area contributed by atoms with Gasteiger partial charge in [0.25, 0.3) is 0 Å². The molecule has 2 heterocycles. The van der Waals surface area contributed by atoms with E-state index in [4.69, 9.17) is 0 Å². The van der Waals surface area contributed by atoms with Gasteiger partial charge in [0.15, 0.2) is 0 Å². The van der Waals surface area contributed by atoms with Crippen LogP contribution >= 0.6 is 0 Å². The number of aliphatic hydroxyl groups is 1. The number of aliphatic hydroxyl groups excluding tert-OH is 1. The fourth-order valence-corrected chi connectivity index (χ4v) is 4.14. The maximum atomic E-state index is 12.6. The number of urea groups is 1. The topological polar surface area (TPSA) is 72.9 Å². The molecule has 0 radical (unpaired) electrons. The van der Waals surface area contributed by atoms with Crippen molar-refractivity contribution in [1.29, 1.82) is 0 Å². The molecule has 1 aromatic carbocycles. The van der Waals surface area contributed by atoms with E-state index in [9.17, 15) is 14.7 Å². The average Bonchev–Trinajstić information content (AvgIpc) is 2.63. The smallest absolute Gasteiger partial charge is 0.318 e. The molecule has 0 spiro atoms. The first-order valence-corrected chi connectivity index (χ1v) is 10.4. The summed E-state index contributed by atoms with van der Waals surface area (Å²) in [5.41, 5.74) is 2.03. The van der Waals surface area contributed by atoms with E-state index in [2.05, 4.69) is 31.0 Å². The number of rotatable bonds is 4. The van der Waals surface area contributed by atoms with E-state index in [1.54, 1.807) is 9.80 Å². The summed E-state index contributed by atoms with van der Waals surface area (Å²) < 4.78 is 0. The van der Waals surface area contributed by atoms with Crippen LogP contribution in [0.2, 0.25) is 0 Å². The van der Waals surface area contributed by atoms with Crippen LogP contribution in [0.1, 0.15) is 51.2 Å². The van der Waals surface area contributed by atoms with Crippen LogP contribution < -0.4 is 5.32 Å². The molecule has 3 amide bonds. The average molecular weight is 398 g/mol. The fourth-order valence-electron chi connectivity index (χ4n) is 4.14. The van der Waals surface area contributed by atoms with Crippen molar-refractivity contribution in [2.45, 2.75) is 58.2 Å². The molecule has 2 aliphatic rings. The van der Waals surface area contributed by atoms with Gasteiger partial charge in [0, 0.05) is 30.5 Å². The second-order valence-electron chi connectivity index (χ2n) is 8.65. The normalized spacial score (nSPS) is 23.4. The van der Waals surface area contributed by atoms with Crippen LogP contribution in [-0.2, 0) is 4.79 Å². The summed E-state index contributed by atoms with van der Waals surface area (Å²) in [5.74, 6) is 6.82. The van der Waals surface area contributed by atoms with Gasteiger partial charge in [0.05, 0.1) is 18.7 Å². The van der Waals surface area contributed by atoms with Crippen molar-refractivity contribution in [1.82, 2.24) is 15.1 Å². The van der Waals surface area contributed by atoms with Gasteiger partial charge in [-0.15, -0.1) is 0 Å². The van der Waals surface area contributed by atoms with Gasteiger partial charge < -0.3 is 20.2 Å². The summed E-state index contributed by atoms with van der Waals surface area (Å²) in [6.07, 6.45) is 0.865. The predicted octanol–water partition coefficient (Wildman–Crippen LogP) is 2.17. The molecule has 3 rings (SSSR count). The lowest BCUT2D eigenvalue weighted by molar-refractivity contribution is -0.159. The Kier molecular flexibility index (Phi) is 6.49. The van der Waals surface area contributed by atoms with Crippen LogP contribution in [0.3, 0.4) is 0 Å². The quantitative estimate of drug-likeness (QED) is 0.765. The molecular formula is C23H31N3O3. The summed E-state index contributed by atoms with van der Waals surface area (Å²) >= 11 is 0. The number of carbonyl (C=O) groups excluding carboxylic acids is 2. The van der Waals surface area contributed by atoms with Crippen molar-refractivity contribution in [2.24, 2.45) is 5.92 Å². The molecule has 2 N–H and O–H groups in total. The van der Waals surface area contributed by atoms with E-state index in [0.29, 0.717) is 12.5 Å². The first-order valence-electron chi connectivity index (χ1n) is 10.4. The van der Waals surface area contributed by atoms with E-state index in [1.807, 2.05) is 38.1 Å². The molecule has 6 nitrogen and oxygen atoms in total. The Balaban J connectivity index is 1.75. The van der Waals surface area contributed by atoms with Crippen molar-refractivity contribution >= 4 is 11.9 Å². The number of hydrogen-bond acceptors (Lipinski definition) is 3. The van der Waals surface area contributed by atoms with E-state index in [1.165, 1.54) is 0 Å². The Bertz CT molecular complexity index is 807. The maximum Gasteiger partial charge on any atom is 0.318 e. The van der Waals surface area contributed by atoms with E-state index in [0.717, 1.165) is 17.5 Å². The van der Waals surface area contributed by atoms with Crippen molar-refractivity contribution in [2.75, 3.05) is 19.7 Å². The van der Waals surface area contributed by atoms with Gasteiger partial charge >= 0.3 is 6.03 Å². The van der Waals surface area contributed by atoms with Crippen LogP contribution in [0.25, 0.3) is 0 Å². The van der Waals surface area contributed by atoms with Crippen LogP contribution in [0, 0.1) is 17.8 Å². The number of carbonyl (C=O) groups is 2. The van der Waals surface area contributed by atoms with Gasteiger partial charge in [-0.2, -0.15) is 0 Å². The zero-order valence-electron chi connectivity index (χ0n) is 17.7. The lowest BCUT2D eigenvalue weighted by atomic mass is 9.73. The molecule has 2 saturated heterocycles. The second kappa shape index (κ2) is 8.87. The van der Waals surface area contributed by atoms with Crippen LogP contribution in [-0.4, -0.2) is 64.7 Å². The highest BCUT2D eigenvalue weighted by molar-refractivity contribution is 5.87. The molecule has 2 aliphatic heterocycles. The second-order valence-corrected chi connectivity index (χ2v) is 8.65. The summed E-state index contributed by atoms with van der Waals surface area (Å²) in [6, 6.07) is 7.51. The summed E-state index contributed by atoms with van der Waals surface area (Å²) in [5, 5.41) is 12.7. The molecule has 156 valence electrons. The Hall–Kier alpha value is -2.52. The maximum absolute atomic E-state index is 12.6. The number of benzene rings is 1. The zero-order chi connectivity index (χ0) is 21.1. The lowest BCUT2D eigenvalue weighted by Gasteiger charge is -2.58. The van der Waals surface area contributed by atoms with Gasteiger partial charge in [0.2, 0.25) is 5.91 Å². The van der Waals surface area contributed by atoms with Crippen LogP contribution in [0.15, 0.2) is 24.3 Å². The van der Waals surface area contributed by atoms with E-state index < -0.39 is 0 Å². The third kappa shape index (κ3) is 4.56. The Morgan fingerprint density at radius 1 is 1.24 bits per heavy atom. The van der Waals surface area contributed by atoms with E-state index in [-0.39, 0.29) is 49.1 Å². The van der Waals surface area contributed by atoms with E-state index >= 15 is 0 Å². The molecule has 0 aliphatic carbocycles. The van der Waals surface area contributed by atoms with Crippen molar-refractivity contribution in [3.8, 4) is 11.8 Å². The number of nitrogens with one attached hydrogen (secondary N) is 1. The molecule has 29 heavy (non-hydrogen) atoms. The lowest BCUT2D eigenvalue weighted by Crippen LogP contribution is -2.74. The van der Waals surface area contributed by atoms with Gasteiger partial charge in [-0.1, -0.05) is 37.8 Å². The summed E-state index contributed by atoms with van der Waals surface area (Å²) in [6.45, 7) is 8.53. The minimum atomic E-state index is -0.235. The fraction of sp³-hybridized carbons (Fsp3) is 0.565. The Morgan fingerprint density at radius 2 is 1.93 bits per heavy atom. The molecule has 0 saturated carbocycles. The molecule has 0 unspecified atom stereocenters. The highest BCUT2D eigenvalue weighted by atomic mass is 16.3. The van der Waals surface area contributed by atoms with Gasteiger partial charge in [-0.05, 0) is 37.5 Å². The number of fused-ring (bicyclic) bond motifs is 1. The van der Waals surface area contributed by atoms with Crippen molar-refractivity contribution in [3.63, 3.8) is 0 Å². The monoisotopic (exact) mass is 397 g/mol. The van der Waals surface area contributed by atoms with Crippen LogP contribution in [0.5, 0.6) is 0 Å². The predicted molar refractivity (Wildman–Crippen MR) is 112 cm³/mol. The van der Waals surface area contributed by atoms with Crippen molar-refractivity contribution < 1.29 is 14.7 Å². The van der Waals surface area contributed by atoms with Gasteiger partial charge in [-0.3, -0.25) is 4.79 Å². The number of hydrogen-bond donors (Lipinski definition) is 2. The zero-order valence-corrected chi connectivity index (χ0v) is 17.7. The standard InChI is InChI=1S/C23H31N3O3/c1-15(2)6-5-7-17-8-10-18(11-9-17)22-19-12-25(23(29)24-16(3)4)13-21(28)26(19)20(22)14-27/h8-11,15-16,19-20,22,27H,6,12-14H2,1-4H3,(H,24,29)/t19-,20-,22-/m1/s1. The molecular weight excluding hydrogens is 366 g/mol. The third-order valence-electron chi connectivity index (χ3n) is 5.49. The highest BCUT2D eigenvalue weighted by Crippen LogP contribution is 2.42. The number of nitrogens with zero attached hydrogens (tertiary/aromatic N) is 2. The molecule has 2 fully saturated rings.